The number of hydrogen-bond donors (Lipinski definition) is 2. The van der Waals surface area contributed by atoms with E-state index in [1.165, 1.54) is 10.6 Å². The van der Waals surface area contributed by atoms with Gasteiger partial charge >= 0.3 is 0 Å². The first-order chi connectivity index (χ1) is 10.6. The molecule has 0 fully saturated rings. The zero-order chi connectivity index (χ0) is 16.1. The summed E-state index contributed by atoms with van der Waals surface area (Å²) in [6.07, 6.45) is 5.83. The summed E-state index contributed by atoms with van der Waals surface area (Å²) >= 11 is 0. The van der Waals surface area contributed by atoms with Gasteiger partial charge in [0.2, 0.25) is 0 Å². The molecule has 2 rings (SSSR count). The van der Waals surface area contributed by atoms with Crippen LogP contribution in [0.25, 0.3) is 5.65 Å². The van der Waals surface area contributed by atoms with Crippen LogP contribution in [0.3, 0.4) is 0 Å². The topological polar surface area (TPSA) is 89.5 Å². The summed E-state index contributed by atoms with van der Waals surface area (Å²) < 4.78 is 1.40. The monoisotopic (exact) mass is 302 g/mol. The molecule has 0 bridgehead atoms. The minimum absolute atomic E-state index is 0.0399. The number of nitrogens with two attached hydrogens (primary N) is 1. The molecule has 0 spiro atoms. The van der Waals surface area contributed by atoms with E-state index in [0.29, 0.717) is 12.2 Å². The van der Waals surface area contributed by atoms with Crippen LogP contribution >= 0.6 is 0 Å². The SMILES string of the molecule is CCCCC(CN)NC(=O)c1cnc2ccc(C)cn2c1=O. The number of carbonyl (C=O) groups excluding carboxylic acids is 1. The third-order valence-corrected chi connectivity index (χ3v) is 3.62. The predicted molar refractivity (Wildman–Crippen MR) is 86.0 cm³/mol. The first-order valence-electron chi connectivity index (χ1n) is 7.55. The minimum Gasteiger partial charge on any atom is -0.348 e. The Morgan fingerprint density at radius 2 is 2.23 bits per heavy atom. The summed E-state index contributed by atoms with van der Waals surface area (Å²) in [5.74, 6) is -0.417. The molecule has 0 aliphatic heterocycles. The van der Waals surface area contributed by atoms with Crippen molar-refractivity contribution in [3.05, 3.63) is 46.0 Å². The van der Waals surface area contributed by atoms with E-state index in [4.69, 9.17) is 5.73 Å². The van der Waals surface area contributed by atoms with Crippen LogP contribution in [0.5, 0.6) is 0 Å². The van der Waals surface area contributed by atoms with E-state index in [0.717, 1.165) is 24.8 Å². The Balaban J connectivity index is 2.28. The van der Waals surface area contributed by atoms with E-state index in [-0.39, 0.29) is 17.2 Å². The normalized spacial score (nSPS) is 12.3. The molecule has 0 saturated heterocycles. The van der Waals surface area contributed by atoms with Gasteiger partial charge in [0.15, 0.2) is 0 Å². The van der Waals surface area contributed by atoms with Crippen LogP contribution in [-0.4, -0.2) is 27.9 Å². The number of unbranched alkanes of at least 4 members (excludes halogenated alkanes) is 1. The van der Waals surface area contributed by atoms with Crippen molar-refractivity contribution < 1.29 is 4.79 Å². The van der Waals surface area contributed by atoms with Crippen molar-refractivity contribution in [2.45, 2.75) is 39.2 Å². The molecule has 1 atom stereocenters. The Morgan fingerprint density at radius 3 is 2.91 bits per heavy atom. The number of aryl methyl sites for hydroxylation is 1. The summed E-state index contributed by atoms with van der Waals surface area (Å²) in [5, 5.41) is 2.82. The van der Waals surface area contributed by atoms with Crippen LogP contribution in [-0.2, 0) is 0 Å². The van der Waals surface area contributed by atoms with Crippen molar-refractivity contribution in [2.75, 3.05) is 6.54 Å². The van der Waals surface area contributed by atoms with Gasteiger partial charge in [-0.1, -0.05) is 25.8 Å². The van der Waals surface area contributed by atoms with Crippen LogP contribution < -0.4 is 16.6 Å². The van der Waals surface area contributed by atoms with Gasteiger partial charge in [-0.05, 0) is 25.0 Å². The van der Waals surface area contributed by atoms with Gasteiger partial charge in [-0.2, -0.15) is 0 Å². The Bertz CT molecular complexity index is 724. The van der Waals surface area contributed by atoms with Gasteiger partial charge in [0.25, 0.3) is 11.5 Å². The smallest absolute Gasteiger partial charge is 0.270 e. The van der Waals surface area contributed by atoms with Gasteiger partial charge in [-0.3, -0.25) is 14.0 Å². The minimum atomic E-state index is -0.417. The summed E-state index contributed by atoms with van der Waals surface area (Å²) in [4.78, 5) is 28.9. The van der Waals surface area contributed by atoms with Crippen molar-refractivity contribution in [1.29, 1.82) is 0 Å². The van der Waals surface area contributed by atoms with Crippen LogP contribution in [0.4, 0.5) is 0 Å². The van der Waals surface area contributed by atoms with E-state index in [2.05, 4.69) is 17.2 Å². The number of aromatic nitrogens is 2. The summed E-state index contributed by atoms with van der Waals surface area (Å²) in [6, 6.07) is 3.50. The molecule has 0 aromatic carbocycles. The number of nitrogens with one attached hydrogen (secondary N) is 1. The summed E-state index contributed by atoms with van der Waals surface area (Å²) in [5.41, 5.74) is 6.80. The number of nitrogens with zero attached hydrogens (tertiary/aromatic N) is 2. The largest absolute Gasteiger partial charge is 0.348 e. The van der Waals surface area contributed by atoms with Gasteiger partial charge in [-0.15, -0.1) is 0 Å². The molecule has 0 aliphatic rings. The lowest BCUT2D eigenvalue weighted by molar-refractivity contribution is 0.0933. The molecular formula is C16H22N4O2. The van der Waals surface area contributed by atoms with Crippen molar-refractivity contribution in [2.24, 2.45) is 5.73 Å². The van der Waals surface area contributed by atoms with Crippen LogP contribution in [0, 0.1) is 6.92 Å². The Kier molecular flexibility index (Phi) is 5.27. The highest BCUT2D eigenvalue weighted by Gasteiger charge is 2.16. The number of pyridine rings is 1. The molecular weight excluding hydrogens is 280 g/mol. The zero-order valence-corrected chi connectivity index (χ0v) is 13.0. The Morgan fingerprint density at radius 1 is 1.45 bits per heavy atom. The fourth-order valence-electron chi connectivity index (χ4n) is 2.30. The third kappa shape index (κ3) is 3.51. The lowest BCUT2D eigenvalue weighted by Gasteiger charge is -2.16. The van der Waals surface area contributed by atoms with Gasteiger partial charge in [0.1, 0.15) is 11.2 Å². The van der Waals surface area contributed by atoms with Gasteiger partial charge < -0.3 is 11.1 Å². The van der Waals surface area contributed by atoms with E-state index in [1.807, 2.05) is 13.0 Å². The maximum atomic E-state index is 12.4. The first kappa shape index (κ1) is 16.2. The summed E-state index contributed by atoms with van der Waals surface area (Å²) in [7, 11) is 0. The Labute approximate surface area is 129 Å². The number of hydrogen-bond acceptors (Lipinski definition) is 4. The standard InChI is InChI=1S/C16H22N4O2/c1-3-4-5-12(8-17)19-15(21)13-9-18-14-7-6-11(2)10-20(14)16(13)22/h6-7,9-10,12H,3-5,8,17H2,1-2H3,(H,19,21). The highest BCUT2D eigenvalue weighted by molar-refractivity contribution is 5.93. The molecule has 2 aromatic heterocycles. The third-order valence-electron chi connectivity index (χ3n) is 3.62. The molecule has 6 nitrogen and oxygen atoms in total. The molecule has 6 heteroatoms. The molecule has 22 heavy (non-hydrogen) atoms. The maximum absolute atomic E-state index is 12.4. The lowest BCUT2D eigenvalue weighted by atomic mass is 10.1. The average molecular weight is 302 g/mol. The fraction of sp³-hybridized carbons (Fsp3) is 0.438. The molecule has 1 amide bonds. The predicted octanol–water partition coefficient (Wildman–Crippen LogP) is 1.25. The Hall–Kier alpha value is -2.21. The molecule has 3 N–H and O–H groups in total. The van der Waals surface area contributed by atoms with E-state index in [1.54, 1.807) is 12.3 Å². The van der Waals surface area contributed by atoms with Gasteiger partial charge in [0, 0.05) is 25.0 Å². The van der Waals surface area contributed by atoms with E-state index < -0.39 is 5.91 Å². The van der Waals surface area contributed by atoms with Crippen LogP contribution in [0.1, 0.15) is 42.1 Å². The number of amides is 1. The van der Waals surface area contributed by atoms with Crippen molar-refractivity contribution in [3.8, 4) is 0 Å². The second-order valence-corrected chi connectivity index (χ2v) is 5.46. The molecule has 0 radical (unpaired) electrons. The summed E-state index contributed by atoms with van der Waals surface area (Å²) in [6.45, 7) is 4.32. The van der Waals surface area contributed by atoms with Gasteiger partial charge in [0.05, 0.1) is 0 Å². The zero-order valence-electron chi connectivity index (χ0n) is 13.0. The van der Waals surface area contributed by atoms with Crippen molar-refractivity contribution in [3.63, 3.8) is 0 Å². The molecule has 0 saturated carbocycles. The van der Waals surface area contributed by atoms with Gasteiger partial charge in [-0.25, -0.2) is 4.98 Å². The maximum Gasteiger partial charge on any atom is 0.270 e. The molecule has 2 heterocycles. The lowest BCUT2D eigenvalue weighted by Crippen LogP contribution is -2.42. The molecule has 118 valence electrons. The number of carbonyl (C=O) groups is 1. The highest BCUT2D eigenvalue weighted by atomic mass is 16.2. The quantitative estimate of drug-likeness (QED) is 0.840. The molecule has 2 aromatic rings. The second kappa shape index (κ2) is 7.17. The van der Waals surface area contributed by atoms with E-state index in [9.17, 15) is 9.59 Å². The highest BCUT2D eigenvalue weighted by Crippen LogP contribution is 2.03. The number of rotatable bonds is 6. The van der Waals surface area contributed by atoms with Crippen LogP contribution in [0.2, 0.25) is 0 Å². The first-order valence-corrected chi connectivity index (χ1v) is 7.55. The van der Waals surface area contributed by atoms with Crippen LogP contribution in [0.15, 0.2) is 29.3 Å². The van der Waals surface area contributed by atoms with Crippen molar-refractivity contribution in [1.82, 2.24) is 14.7 Å². The van der Waals surface area contributed by atoms with Crippen molar-refractivity contribution >= 4 is 11.6 Å². The average Bonchev–Trinajstić information content (AvgIpc) is 2.52. The molecule has 1 unspecified atom stereocenters. The second-order valence-electron chi connectivity index (χ2n) is 5.46. The molecule has 0 aliphatic carbocycles. The fourth-order valence-corrected chi connectivity index (χ4v) is 2.30. The van der Waals surface area contributed by atoms with E-state index >= 15 is 0 Å². The number of fused-ring (bicyclic) bond motifs is 1.